The summed E-state index contributed by atoms with van der Waals surface area (Å²) in [6.45, 7) is 1.56. The number of nitrogens with one attached hydrogen (secondary N) is 2. The van der Waals surface area contributed by atoms with Gasteiger partial charge in [0.2, 0.25) is 5.95 Å². The topological polar surface area (TPSA) is 116 Å². The lowest BCUT2D eigenvalue weighted by molar-refractivity contribution is 0.529. The maximum atomic E-state index is 12.6. The Balaban J connectivity index is 1.66. The zero-order valence-corrected chi connectivity index (χ0v) is 19.8. The third-order valence-corrected chi connectivity index (χ3v) is 7.44. The fourth-order valence-electron chi connectivity index (χ4n) is 3.82. The number of aromatic nitrogens is 4. The standard InChI is InChI=1S/C23H24N8O2S/c1-24-10-11-30(2)23-27-19-5-4-16(12-18(19)21(28-23)15-6-8-25-9-7-15)17-13-20-22(26-14-17)29-31(3)34(20,32)33/h4-9,12-14,24H,10-11H2,1-3H3,(H,26,29). The molecule has 0 fully saturated rings. The molecule has 11 heteroatoms. The summed E-state index contributed by atoms with van der Waals surface area (Å²) < 4.78 is 26.2. The van der Waals surface area contributed by atoms with Crippen molar-refractivity contribution >= 4 is 32.7 Å². The Hall–Kier alpha value is -3.67. The summed E-state index contributed by atoms with van der Waals surface area (Å²) in [4.78, 5) is 20.3. The van der Waals surface area contributed by atoms with Crippen LogP contribution >= 0.6 is 0 Å². The summed E-state index contributed by atoms with van der Waals surface area (Å²) in [7, 11) is 1.71. The van der Waals surface area contributed by atoms with Crippen molar-refractivity contribution in [2.75, 3.05) is 44.6 Å². The maximum absolute atomic E-state index is 12.6. The lowest BCUT2D eigenvalue weighted by atomic mass is 10.0. The van der Waals surface area contributed by atoms with E-state index in [-0.39, 0.29) is 4.90 Å². The lowest BCUT2D eigenvalue weighted by Crippen LogP contribution is -2.28. The first-order chi connectivity index (χ1) is 16.4. The van der Waals surface area contributed by atoms with Crippen LogP contribution in [0.5, 0.6) is 0 Å². The smallest absolute Gasteiger partial charge is 0.263 e. The van der Waals surface area contributed by atoms with Crippen molar-refractivity contribution in [3.63, 3.8) is 0 Å². The van der Waals surface area contributed by atoms with E-state index in [0.29, 0.717) is 17.3 Å². The summed E-state index contributed by atoms with van der Waals surface area (Å²) in [5, 5.41) is 4.00. The fourth-order valence-corrected chi connectivity index (χ4v) is 4.94. The van der Waals surface area contributed by atoms with E-state index in [1.54, 1.807) is 24.7 Å². The van der Waals surface area contributed by atoms with E-state index >= 15 is 0 Å². The quantitative estimate of drug-likeness (QED) is 0.433. The molecule has 3 aromatic heterocycles. The number of hydrogen-bond donors (Lipinski definition) is 2. The highest BCUT2D eigenvalue weighted by molar-refractivity contribution is 7.89. The Kier molecular flexibility index (Phi) is 5.60. The molecule has 2 N–H and O–H groups in total. The van der Waals surface area contributed by atoms with Crippen LogP contribution in [0.25, 0.3) is 33.3 Å². The Morgan fingerprint density at radius 3 is 2.62 bits per heavy atom. The number of rotatable bonds is 6. The summed E-state index contributed by atoms with van der Waals surface area (Å²) in [6, 6.07) is 11.3. The Morgan fingerprint density at radius 2 is 1.85 bits per heavy atom. The molecule has 0 spiro atoms. The number of pyridine rings is 2. The van der Waals surface area contributed by atoms with Crippen molar-refractivity contribution in [1.29, 1.82) is 0 Å². The molecule has 0 radical (unpaired) electrons. The number of hydrazine groups is 1. The summed E-state index contributed by atoms with van der Waals surface area (Å²) in [5.41, 5.74) is 6.76. The van der Waals surface area contributed by atoms with E-state index in [2.05, 4.69) is 20.7 Å². The van der Waals surface area contributed by atoms with Crippen molar-refractivity contribution in [3.8, 4) is 22.4 Å². The first-order valence-corrected chi connectivity index (χ1v) is 12.2. The van der Waals surface area contributed by atoms with E-state index in [1.165, 1.54) is 7.05 Å². The number of likely N-dealkylation sites (N-methyl/N-ethyl adjacent to an activating group) is 2. The van der Waals surface area contributed by atoms with E-state index < -0.39 is 10.0 Å². The van der Waals surface area contributed by atoms with Gasteiger partial charge in [-0.1, -0.05) is 6.07 Å². The summed E-state index contributed by atoms with van der Waals surface area (Å²) >= 11 is 0. The van der Waals surface area contributed by atoms with Crippen LogP contribution in [0, 0.1) is 0 Å². The number of anilines is 2. The van der Waals surface area contributed by atoms with Gasteiger partial charge in [-0.2, -0.15) is 0 Å². The van der Waals surface area contributed by atoms with Gasteiger partial charge in [0.1, 0.15) is 4.90 Å². The molecule has 34 heavy (non-hydrogen) atoms. The number of hydrogen-bond acceptors (Lipinski definition) is 9. The molecule has 1 aromatic carbocycles. The van der Waals surface area contributed by atoms with Crippen LogP contribution in [-0.4, -0.2) is 67.0 Å². The van der Waals surface area contributed by atoms with Crippen molar-refractivity contribution in [2.24, 2.45) is 0 Å². The number of fused-ring (bicyclic) bond motifs is 2. The monoisotopic (exact) mass is 476 g/mol. The average Bonchev–Trinajstić information content (AvgIpc) is 3.09. The second-order valence-electron chi connectivity index (χ2n) is 8.02. The van der Waals surface area contributed by atoms with Crippen molar-refractivity contribution < 1.29 is 8.42 Å². The molecule has 0 amide bonds. The Bertz CT molecular complexity index is 1480. The van der Waals surface area contributed by atoms with Gasteiger partial charge in [0.25, 0.3) is 10.0 Å². The van der Waals surface area contributed by atoms with E-state index in [0.717, 1.165) is 45.2 Å². The fraction of sp³-hybridized carbons (Fsp3) is 0.217. The molecule has 10 nitrogen and oxygen atoms in total. The molecule has 174 valence electrons. The third kappa shape index (κ3) is 3.83. The van der Waals surface area contributed by atoms with Crippen molar-refractivity contribution in [2.45, 2.75) is 4.90 Å². The molecular weight excluding hydrogens is 452 g/mol. The minimum atomic E-state index is -3.61. The first kappa shape index (κ1) is 22.1. The van der Waals surface area contributed by atoms with E-state index in [4.69, 9.17) is 9.97 Å². The molecule has 0 aliphatic carbocycles. The average molecular weight is 477 g/mol. The first-order valence-electron chi connectivity index (χ1n) is 10.7. The molecule has 4 aromatic rings. The summed E-state index contributed by atoms with van der Waals surface area (Å²) in [5.74, 6) is 0.948. The molecule has 0 atom stereocenters. The highest BCUT2D eigenvalue weighted by Gasteiger charge is 2.33. The number of benzene rings is 1. The lowest BCUT2D eigenvalue weighted by Gasteiger charge is -2.19. The van der Waals surface area contributed by atoms with Crippen LogP contribution in [0.4, 0.5) is 11.8 Å². The number of sulfonamides is 1. The van der Waals surface area contributed by atoms with Crippen LogP contribution in [0.3, 0.4) is 0 Å². The Morgan fingerprint density at radius 1 is 1.06 bits per heavy atom. The van der Waals surface area contributed by atoms with Gasteiger partial charge in [0.15, 0.2) is 5.82 Å². The highest BCUT2D eigenvalue weighted by Crippen LogP contribution is 2.35. The van der Waals surface area contributed by atoms with Gasteiger partial charge in [0.05, 0.1) is 11.2 Å². The van der Waals surface area contributed by atoms with E-state index in [1.807, 2.05) is 49.3 Å². The van der Waals surface area contributed by atoms with Gasteiger partial charge in [-0.3, -0.25) is 10.4 Å². The normalized spacial score (nSPS) is 14.7. The molecular formula is C23H24N8O2S. The van der Waals surface area contributed by atoms with Gasteiger partial charge in [-0.05, 0) is 42.9 Å². The molecule has 1 aliphatic rings. The molecule has 0 bridgehead atoms. The van der Waals surface area contributed by atoms with Crippen molar-refractivity contribution in [1.82, 2.24) is 29.7 Å². The van der Waals surface area contributed by atoms with Crippen LogP contribution < -0.4 is 15.6 Å². The van der Waals surface area contributed by atoms with Crippen LogP contribution in [-0.2, 0) is 10.0 Å². The zero-order chi connectivity index (χ0) is 23.9. The third-order valence-electron chi connectivity index (χ3n) is 5.76. The van der Waals surface area contributed by atoms with Gasteiger partial charge in [-0.15, -0.1) is 4.41 Å². The van der Waals surface area contributed by atoms with Crippen LogP contribution in [0.2, 0.25) is 0 Å². The molecule has 0 saturated carbocycles. The van der Waals surface area contributed by atoms with Gasteiger partial charge in [0, 0.05) is 62.3 Å². The largest absolute Gasteiger partial charge is 0.343 e. The maximum Gasteiger partial charge on any atom is 0.263 e. The van der Waals surface area contributed by atoms with Crippen LogP contribution in [0.15, 0.2) is 59.9 Å². The molecule has 0 saturated heterocycles. The van der Waals surface area contributed by atoms with Crippen LogP contribution in [0.1, 0.15) is 0 Å². The second kappa shape index (κ2) is 8.60. The molecule has 5 rings (SSSR count). The predicted molar refractivity (Wildman–Crippen MR) is 132 cm³/mol. The molecule has 1 aliphatic heterocycles. The summed E-state index contributed by atoms with van der Waals surface area (Å²) in [6.07, 6.45) is 5.13. The minimum absolute atomic E-state index is 0.153. The number of nitrogens with zero attached hydrogens (tertiary/aromatic N) is 6. The van der Waals surface area contributed by atoms with Gasteiger partial charge in [-0.25, -0.2) is 23.4 Å². The minimum Gasteiger partial charge on any atom is -0.343 e. The van der Waals surface area contributed by atoms with Crippen molar-refractivity contribution in [3.05, 3.63) is 55.0 Å². The highest BCUT2D eigenvalue weighted by atomic mass is 32.2. The second-order valence-corrected chi connectivity index (χ2v) is 9.96. The van der Waals surface area contributed by atoms with Gasteiger partial charge < -0.3 is 10.2 Å². The SMILES string of the molecule is CNCCN(C)c1nc(-c2ccncc2)c2cc(-c3cnc4c(c3)S(=O)(=O)N(C)N4)ccc2n1. The molecule has 0 unspecified atom stereocenters. The molecule has 4 heterocycles. The zero-order valence-electron chi connectivity index (χ0n) is 19.0. The predicted octanol–water partition coefficient (Wildman–Crippen LogP) is 2.37. The van der Waals surface area contributed by atoms with Gasteiger partial charge >= 0.3 is 0 Å². The Labute approximate surface area is 197 Å². The van der Waals surface area contributed by atoms with E-state index in [9.17, 15) is 8.42 Å².